The average Bonchev–Trinajstić information content (AvgIpc) is 2.37. The molecule has 0 amide bonds. The smallest absolute Gasteiger partial charge is 0.250 e. The predicted octanol–water partition coefficient (Wildman–Crippen LogP) is 4.68. The van der Waals surface area contributed by atoms with Crippen LogP contribution in [0.1, 0.15) is 26.3 Å². The Morgan fingerprint density at radius 3 is 2.15 bits per heavy atom. The topological polar surface area (TPSA) is 35.2 Å². The number of hydrogen-bond donors (Lipinski definition) is 1. The van der Waals surface area contributed by atoms with Gasteiger partial charge in [-0.1, -0.05) is 51.1 Å². The maximum atomic E-state index is 6.48. The molecule has 2 aromatic rings. The minimum Gasteiger partial charge on any atom is -0.543 e. The van der Waals surface area contributed by atoms with E-state index in [1.807, 2.05) is 0 Å². The van der Waals surface area contributed by atoms with E-state index in [4.69, 9.17) is 10.2 Å². The summed E-state index contributed by atoms with van der Waals surface area (Å²) in [4.78, 5) is 0. The maximum Gasteiger partial charge on any atom is 0.250 e. The monoisotopic (exact) mass is 287 g/mol. The van der Waals surface area contributed by atoms with E-state index in [-0.39, 0.29) is 5.04 Å². The van der Waals surface area contributed by atoms with Crippen molar-refractivity contribution in [1.82, 2.24) is 0 Å². The number of hydrogen-bond acceptors (Lipinski definition) is 2. The molecule has 2 aromatic carbocycles. The molecule has 2 nitrogen and oxygen atoms in total. The summed E-state index contributed by atoms with van der Waals surface area (Å²) >= 11 is 0. The standard InChI is InChI=1S/C17H25NOSi/c1-17(2,3)20(4,5)19-16-11-10-13(12-18)14-8-6-7-9-15(14)16/h6-11H,12,18H2,1-5H3. The van der Waals surface area contributed by atoms with Crippen LogP contribution >= 0.6 is 0 Å². The lowest BCUT2D eigenvalue weighted by Crippen LogP contribution is -2.43. The minimum absolute atomic E-state index is 0.195. The first-order valence-corrected chi connectivity index (χ1v) is 10.1. The van der Waals surface area contributed by atoms with Gasteiger partial charge in [0, 0.05) is 11.9 Å². The first-order valence-electron chi connectivity index (χ1n) is 7.16. The molecule has 20 heavy (non-hydrogen) atoms. The quantitative estimate of drug-likeness (QED) is 0.832. The van der Waals surface area contributed by atoms with E-state index in [0.29, 0.717) is 6.54 Å². The van der Waals surface area contributed by atoms with Crippen LogP contribution in [0.3, 0.4) is 0 Å². The molecule has 0 spiro atoms. The lowest BCUT2D eigenvalue weighted by molar-refractivity contribution is 0.496. The van der Waals surface area contributed by atoms with E-state index >= 15 is 0 Å². The highest BCUT2D eigenvalue weighted by Gasteiger charge is 2.39. The Bertz CT molecular complexity index is 614. The largest absolute Gasteiger partial charge is 0.543 e. The van der Waals surface area contributed by atoms with Crippen molar-refractivity contribution in [3.8, 4) is 5.75 Å². The maximum absolute atomic E-state index is 6.48. The Morgan fingerprint density at radius 1 is 1.00 bits per heavy atom. The van der Waals surface area contributed by atoms with Crippen LogP contribution < -0.4 is 10.2 Å². The van der Waals surface area contributed by atoms with E-state index in [1.165, 1.54) is 16.3 Å². The highest BCUT2D eigenvalue weighted by atomic mass is 28.4. The van der Waals surface area contributed by atoms with Gasteiger partial charge in [-0.2, -0.15) is 0 Å². The number of benzene rings is 2. The zero-order chi connectivity index (χ0) is 15.0. The van der Waals surface area contributed by atoms with Crippen LogP contribution in [0.25, 0.3) is 10.8 Å². The highest BCUT2D eigenvalue weighted by molar-refractivity contribution is 6.74. The van der Waals surface area contributed by atoms with Gasteiger partial charge in [0.25, 0.3) is 8.32 Å². The molecule has 0 aliphatic heterocycles. The molecule has 0 bridgehead atoms. The molecule has 0 unspecified atom stereocenters. The normalized spacial score (nSPS) is 12.7. The van der Waals surface area contributed by atoms with Gasteiger partial charge in [0.15, 0.2) is 0 Å². The van der Waals surface area contributed by atoms with Crippen LogP contribution in [0.4, 0.5) is 0 Å². The molecule has 2 N–H and O–H groups in total. The molecular formula is C17H25NOSi. The highest BCUT2D eigenvalue weighted by Crippen LogP contribution is 2.39. The van der Waals surface area contributed by atoms with Gasteiger partial charge in [-0.15, -0.1) is 0 Å². The molecule has 2 rings (SSSR count). The van der Waals surface area contributed by atoms with E-state index in [2.05, 4.69) is 70.3 Å². The minimum atomic E-state index is -1.82. The Morgan fingerprint density at radius 2 is 1.60 bits per heavy atom. The summed E-state index contributed by atoms with van der Waals surface area (Å²) in [6.45, 7) is 11.9. The summed E-state index contributed by atoms with van der Waals surface area (Å²) in [6.07, 6.45) is 0. The summed E-state index contributed by atoms with van der Waals surface area (Å²) < 4.78 is 6.48. The molecule has 0 radical (unpaired) electrons. The van der Waals surface area contributed by atoms with Gasteiger partial charge in [-0.05, 0) is 35.1 Å². The van der Waals surface area contributed by atoms with Gasteiger partial charge >= 0.3 is 0 Å². The van der Waals surface area contributed by atoms with Crippen molar-refractivity contribution < 1.29 is 4.43 Å². The zero-order valence-corrected chi connectivity index (χ0v) is 14.2. The fourth-order valence-corrected chi connectivity index (χ4v) is 3.06. The zero-order valence-electron chi connectivity index (χ0n) is 13.2. The van der Waals surface area contributed by atoms with E-state index in [0.717, 1.165) is 5.75 Å². The molecule has 0 aliphatic carbocycles. The Labute approximate surface area is 123 Å². The van der Waals surface area contributed by atoms with Crippen molar-refractivity contribution in [3.63, 3.8) is 0 Å². The summed E-state index contributed by atoms with van der Waals surface area (Å²) in [6, 6.07) is 12.5. The van der Waals surface area contributed by atoms with Gasteiger partial charge < -0.3 is 10.2 Å². The van der Waals surface area contributed by atoms with Crippen molar-refractivity contribution in [2.45, 2.75) is 45.4 Å². The number of nitrogens with two attached hydrogens (primary N) is 1. The van der Waals surface area contributed by atoms with Gasteiger partial charge in [0.2, 0.25) is 0 Å². The fourth-order valence-electron chi connectivity index (χ4n) is 2.03. The van der Waals surface area contributed by atoms with E-state index in [1.54, 1.807) is 0 Å². The molecule has 0 aromatic heterocycles. The lowest BCUT2D eigenvalue weighted by Gasteiger charge is -2.36. The third kappa shape index (κ3) is 2.74. The molecule has 0 heterocycles. The molecule has 3 heteroatoms. The molecule has 0 aliphatic rings. The van der Waals surface area contributed by atoms with Crippen LogP contribution in [0.2, 0.25) is 18.1 Å². The summed E-state index contributed by atoms with van der Waals surface area (Å²) in [7, 11) is -1.82. The molecular weight excluding hydrogens is 262 g/mol. The fraction of sp³-hybridized carbons (Fsp3) is 0.412. The summed E-state index contributed by atoms with van der Waals surface area (Å²) in [5.41, 5.74) is 7.00. The predicted molar refractivity (Wildman–Crippen MR) is 89.7 cm³/mol. The van der Waals surface area contributed by atoms with Crippen LogP contribution in [-0.2, 0) is 6.54 Å². The SMILES string of the molecule is CC(C)(C)[Si](C)(C)Oc1ccc(CN)c2ccccc12. The van der Waals surface area contributed by atoms with Gasteiger partial charge in [-0.3, -0.25) is 0 Å². The van der Waals surface area contributed by atoms with Gasteiger partial charge in [0.1, 0.15) is 5.75 Å². The second-order valence-electron chi connectivity index (χ2n) is 6.83. The summed E-state index contributed by atoms with van der Waals surface area (Å²) in [5, 5.41) is 2.56. The lowest BCUT2D eigenvalue weighted by atomic mass is 10.0. The number of rotatable bonds is 3. The van der Waals surface area contributed by atoms with Crippen LogP contribution in [0.15, 0.2) is 36.4 Å². The Kier molecular flexibility index (Phi) is 3.94. The first-order chi connectivity index (χ1) is 9.26. The molecule has 108 valence electrons. The molecule has 0 saturated carbocycles. The van der Waals surface area contributed by atoms with Crippen molar-refractivity contribution in [1.29, 1.82) is 0 Å². The Hall–Kier alpha value is -1.32. The van der Waals surface area contributed by atoms with Crippen molar-refractivity contribution >= 4 is 19.1 Å². The van der Waals surface area contributed by atoms with E-state index in [9.17, 15) is 0 Å². The van der Waals surface area contributed by atoms with Gasteiger partial charge in [0.05, 0.1) is 0 Å². The van der Waals surface area contributed by atoms with Crippen LogP contribution in [0.5, 0.6) is 5.75 Å². The summed E-state index contributed by atoms with van der Waals surface area (Å²) in [5.74, 6) is 0.990. The Balaban J connectivity index is 2.52. The molecule has 0 fully saturated rings. The second kappa shape index (κ2) is 5.22. The van der Waals surface area contributed by atoms with Gasteiger partial charge in [-0.25, -0.2) is 0 Å². The molecule has 0 saturated heterocycles. The number of fused-ring (bicyclic) bond motifs is 1. The average molecular weight is 287 g/mol. The van der Waals surface area contributed by atoms with Crippen LogP contribution in [0, 0.1) is 0 Å². The van der Waals surface area contributed by atoms with Crippen molar-refractivity contribution in [3.05, 3.63) is 42.0 Å². The van der Waals surface area contributed by atoms with Crippen molar-refractivity contribution in [2.24, 2.45) is 5.73 Å². The molecule has 0 atom stereocenters. The van der Waals surface area contributed by atoms with Crippen molar-refractivity contribution in [2.75, 3.05) is 0 Å². The first kappa shape index (κ1) is 15.1. The second-order valence-corrected chi connectivity index (χ2v) is 11.6. The third-order valence-corrected chi connectivity index (χ3v) is 8.71. The van der Waals surface area contributed by atoms with Crippen LogP contribution in [-0.4, -0.2) is 8.32 Å². The third-order valence-electron chi connectivity index (χ3n) is 4.37. The van der Waals surface area contributed by atoms with E-state index < -0.39 is 8.32 Å².